The summed E-state index contributed by atoms with van der Waals surface area (Å²) in [6, 6.07) is 7.34. The van der Waals surface area contributed by atoms with Gasteiger partial charge in [-0.05, 0) is 11.0 Å². The molecule has 0 aliphatic heterocycles. The van der Waals surface area contributed by atoms with Crippen molar-refractivity contribution in [1.29, 1.82) is 0 Å². The van der Waals surface area contributed by atoms with Gasteiger partial charge in [-0.15, -0.1) is 0 Å². The number of ether oxygens (including phenoxy) is 4. The van der Waals surface area contributed by atoms with Gasteiger partial charge in [0.05, 0.1) is 6.10 Å². The van der Waals surface area contributed by atoms with Crippen LogP contribution >= 0.6 is 0 Å². The molecule has 1 aliphatic carbocycles. The van der Waals surface area contributed by atoms with Crippen molar-refractivity contribution in [2.75, 3.05) is 27.8 Å². The predicted octanol–water partition coefficient (Wildman–Crippen LogP) is 2.50. The van der Waals surface area contributed by atoms with Crippen molar-refractivity contribution in [2.45, 2.75) is 32.6 Å². The number of nitrogens with one attached hydrogen (secondary N) is 1. The molecule has 25 heavy (non-hydrogen) atoms. The van der Waals surface area contributed by atoms with Crippen LogP contribution in [0.25, 0.3) is 0 Å². The Labute approximate surface area is 148 Å². The Morgan fingerprint density at radius 3 is 2.44 bits per heavy atom. The molecule has 1 aromatic rings. The summed E-state index contributed by atoms with van der Waals surface area (Å²) in [7, 11) is 2.93. The van der Waals surface area contributed by atoms with Crippen LogP contribution in [0.3, 0.4) is 0 Å². The maximum absolute atomic E-state index is 12.3. The molecular weight excluding hydrogens is 326 g/mol. The molecule has 3 atom stereocenters. The molecule has 3 unspecified atom stereocenters. The van der Waals surface area contributed by atoms with E-state index in [4.69, 9.17) is 18.9 Å². The lowest BCUT2D eigenvalue weighted by Crippen LogP contribution is -2.55. The van der Waals surface area contributed by atoms with Crippen LogP contribution < -0.4 is 5.32 Å². The fourth-order valence-corrected chi connectivity index (χ4v) is 3.55. The number of hydrogen-bond donors (Lipinski definition) is 2. The highest BCUT2D eigenvalue weighted by Gasteiger charge is 2.58. The molecule has 1 aromatic carbocycles. The highest BCUT2D eigenvalue weighted by molar-refractivity contribution is 5.69. The molecule has 1 aliphatic rings. The molecule has 7 heteroatoms. The van der Waals surface area contributed by atoms with E-state index in [1.807, 2.05) is 45.0 Å². The highest BCUT2D eigenvalue weighted by atomic mass is 16.7. The summed E-state index contributed by atoms with van der Waals surface area (Å²) in [5.74, 6) is -0.456. The van der Waals surface area contributed by atoms with Crippen LogP contribution in [0.4, 0.5) is 4.79 Å². The van der Waals surface area contributed by atoms with E-state index in [1.165, 1.54) is 14.2 Å². The first-order valence-corrected chi connectivity index (χ1v) is 8.12. The summed E-state index contributed by atoms with van der Waals surface area (Å²) >= 11 is 0. The lowest BCUT2D eigenvalue weighted by molar-refractivity contribution is -0.204. The first-order chi connectivity index (χ1) is 11.8. The number of fused-ring (bicyclic) bond motifs is 1. The van der Waals surface area contributed by atoms with Crippen LogP contribution in [0, 0.1) is 11.3 Å². The minimum Gasteiger partial charge on any atom is -0.422 e. The summed E-state index contributed by atoms with van der Waals surface area (Å²) in [5, 5.41) is 13.8. The molecule has 0 spiro atoms. The van der Waals surface area contributed by atoms with Crippen molar-refractivity contribution < 1.29 is 28.8 Å². The number of benzene rings is 1. The fraction of sp³-hybridized carbons (Fsp3) is 0.611. The summed E-state index contributed by atoms with van der Waals surface area (Å²) < 4.78 is 20.8. The third-order valence-corrected chi connectivity index (χ3v) is 4.37. The van der Waals surface area contributed by atoms with E-state index in [0.717, 1.165) is 0 Å². The van der Waals surface area contributed by atoms with E-state index >= 15 is 0 Å². The van der Waals surface area contributed by atoms with Gasteiger partial charge in [-0.2, -0.15) is 0 Å². The standard InChI is InChI=1S/C18H27NO6/c1-17(2,3)15-14(20)12-8-6-7-9-13(12)18(15,25-11-23-5)19-16(21)24-10-22-4/h6-9,14-15,20H,10-11H2,1-5H3,(H,19,21). The van der Waals surface area contributed by atoms with Crippen molar-refractivity contribution in [3.8, 4) is 0 Å². The molecule has 0 saturated carbocycles. The average Bonchev–Trinajstić information content (AvgIpc) is 2.80. The van der Waals surface area contributed by atoms with Gasteiger partial charge in [0.2, 0.25) is 0 Å². The maximum atomic E-state index is 12.3. The second-order valence-corrected chi connectivity index (χ2v) is 7.13. The summed E-state index contributed by atoms with van der Waals surface area (Å²) in [6.45, 7) is 5.72. The van der Waals surface area contributed by atoms with Gasteiger partial charge in [0.15, 0.2) is 12.5 Å². The molecule has 140 valence electrons. The Balaban J connectivity index is 2.52. The zero-order valence-corrected chi connectivity index (χ0v) is 15.4. The SMILES string of the molecule is COCOC(=O)NC1(OCOC)c2ccccc2C(O)C1C(C)(C)C. The number of alkyl carbamates (subject to hydrolysis) is 1. The summed E-state index contributed by atoms with van der Waals surface area (Å²) in [4.78, 5) is 12.3. The fourth-order valence-electron chi connectivity index (χ4n) is 3.55. The lowest BCUT2D eigenvalue weighted by Gasteiger charge is -2.43. The van der Waals surface area contributed by atoms with Gasteiger partial charge in [0.1, 0.15) is 6.79 Å². The molecule has 7 nitrogen and oxygen atoms in total. The third kappa shape index (κ3) is 3.79. The zero-order valence-electron chi connectivity index (χ0n) is 15.4. The molecule has 0 aromatic heterocycles. The average molecular weight is 353 g/mol. The van der Waals surface area contributed by atoms with E-state index in [-0.39, 0.29) is 19.0 Å². The molecular formula is C18H27NO6. The van der Waals surface area contributed by atoms with Crippen LogP contribution in [0.15, 0.2) is 24.3 Å². The van der Waals surface area contributed by atoms with Gasteiger partial charge in [0, 0.05) is 25.7 Å². The van der Waals surface area contributed by atoms with Gasteiger partial charge in [-0.25, -0.2) is 4.79 Å². The van der Waals surface area contributed by atoms with Crippen LogP contribution in [-0.4, -0.2) is 39.0 Å². The normalized spacial score (nSPS) is 25.5. The summed E-state index contributed by atoms with van der Waals surface area (Å²) in [6.07, 6.45) is -1.51. The van der Waals surface area contributed by atoms with Crippen molar-refractivity contribution in [3.63, 3.8) is 0 Å². The zero-order chi connectivity index (χ0) is 18.7. The Bertz CT molecular complexity index is 599. The van der Waals surface area contributed by atoms with Crippen molar-refractivity contribution >= 4 is 6.09 Å². The lowest BCUT2D eigenvalue weighted by atomic mass is 9.73. The van der Waals surface area contributed by atoms with Crippen molar-refractivity contribution in [3.05, 3.63) is 35.4 Å². The Morgan fingerprint density at radius 2 is 1.84 bits per heavy atom. The minimum atomic E-state index is -1.28. The smallest absolute Gasteiger partial charge is 0.411 e. The first-order valence-electron chi connectivity index (χ1n) is 8.12. The quantitative estimate of drug-likeness (QED) is 0.764. The predicted molar refractivity (Wildman–Crippen MR) is 90.5 cm³/mol. The second kappa shape index (κ2) is 7.70. The number of aliphatic hydroxyl groups is 1. The number of amides is 1. The number of methoxy groups -OCH3 is 2. The molecule has 0 radical (unpaired) electrons. The Hall–Kier alpha value is -1.67. The number of carbonyl (C=O) groups excluding carboxylic acids is 1. The number of rotatable bonds is 6. The van der Waals surface area contributed by atoms with Crippen molar-refractivity contribution in [2.24, 2.45) is 11.3 Å². The third-order valence-electron chi connectivity index (χ3n) is 4.37. The molecule has 1 amide bonds. The Kier molecular flexibility index (Phi) is 6.05. The highest BCUT2D eigenvalue weighted by Crippen LogP contribution is 2.55. The van der Waals surface area contributed by atoms with E-state index < -0.39 is 23.8 Å². The van der Waals surface area contributed by atoms with E-state index in [1.54, 1.807) is 0 Å². The first kappa shape index (κ1) is 19.7. The van der Waals surface area contributed by atoms with E-state index in [9.17, 15) is 9.90 Å². The number of aliphatic hydroxyl groups excluding tert-OH is 1. The molecule has 0 saturated heterocycles. The maximum Gasteiger partial charge on any atom is 0.411 e. The van der Waals surface area contributed by atoms with Crippen LogP contribution in [-0.2, 0) is 24.7 Å². The van der Waals surface area contributed by atoms with Crippen LogP contribution in [0.5, 0.6) is 0 Å². The topological polar surface area (TPSA) is 86.3 Å². The van der Waals surface area contributed by atoms with Gasteiger partial charge < -0.3 is 24.1 Å². The molecule has 2 rings (SSSR count). The van der Waals surface area contributed by atoms with Crippen molar-refractivity contribution in [1.82, 2.24) is 5.32 Å². The van der Waals surface area contributed by atoms with Crippen LogP contribution in [0.2, 0.25) is 0 Å². The van der Waals surface area contributed by atoms with Crippen LogP contribution in [0.1, 0.15) is 38.0 Å². The molecule has 0 bridgehead atoms. The van der Waals surface area contributed by atoms with E-state index in [2.05, 4.69) is 5.32 Å². The number of hydrogen-bond acceptors (Lipinski definition) is 6. The van der Waals surface area contributed by atoms with Gasteiger partial charge in [0.25, 0.3) is 0 Å². The summed E-state index contributed by atoms with van der Waals surface area (Å²) in [5.41, 5.74) is -0.269. The number of carbonyl (C=O) groups is 1. The largest absolute Gasteiger partial charge is 0.422 e. The Morgan fingerprint density at radius 1 is 1.20 bits per heavy atom. The molecule has 2 N–H and O–H groups in total. The molecule has 0 fully saturated rings. The van der Waals surface area contributed by atoms with E-state index in [0.29, 0.717) is 11.1 Å². The minimum absolute atomic E-state index is 0.0573. The monoisotopic (exact) mass is 353 g/mol. The van der Waals surface area contributed by atoms with Gasteiger partial charge in [-0.1, -0.05) is 45.0 Å². The van der Waals surface area contributed by atoms with Gasteiger partial charge in [-0.3, -0.25) is 5.32 Å². The molecule has 0 heterocycles. The van der Waals surface area contributed by atoms with Gasteiger partial charge >= 0.3 is 6.09 Å². The second-order valence-electron chi connectivity index (χ2n) is 7.13.